The number of aliphatic hydroxyl groups is 1. The lowest BCUT2D eigenvalue weighted by atomic mass is 9.95. The maximum Gasteiger partial charge on any atom is 0.300 e. The van der Waals surface area contributed by atoms with Crippen molar-refractivity contribution in [3.05, 3.63) is 95.1 Å². The van der Waals surface area contributed by atoms with E-state index in [-0.39, 0.29) is 18.1 Å². The number of anilines is 1. The molecule has 6 nitrogen and oxygen atoms in total. The van der Waals surface area contributed by atoms with Crippen LogP contribution in [0.15, 0.2) is 78.4 Å². The highest BCUT2D eigenvalue weighted by Gasteiger charge is 2.47. The molecule has 3 aromatic rings. The SMILES string of the molecule is Cc1cccc(N2C(=O)C(=O)/C(=C(\O)c3ccc4c(c3)OCO4)C2c2ccccc2)c1. The smallest absolute Gasteiger partial charge is 0.300 e. The Hall–Kier alpha value is -4.06. The third kappa shape index (κ3) is 3.13. The van der Waals surface area contributed by atoms with Gasteiger partial charge >= 0.3 is 0 Å². The molecule has 6 heteroatoms. The van der Waals surface area contributed by atoms with Crippen molar-refractivity contribution in [2.24, 2.45) is 0 Å². The van der Waals surface area contributed by atoms with Crippen molar-refractivity contribution < 1.29 is 24.2 Å². The number of carbonyl (C=O) groups excluding carboxylic acids is 2. The normalized spacial score (nSPS) is 19.1. The first-order valence-electron chi connectivity index (χ1n) is 9.87. The summed E-state index contributed by atoms with van der Waals surface area (Å²) in [5, 5.41) is 11.2. The molecule has 0 aliphatic carbocycles. The maximum atomic E-state index is 13.1. The third-order valence-electron chi connectivity index (χ3n) is 5.49. The summed E-state index contributed by atoms with van der Waals surface area (Å²) < 4.78 is 10.7. The molecule has 0 radical (unpaired) electrons. The van der Waals surface area contributed by atoms with Crippen LogP contribution in [0.1, 0.15) is 22.7 Å². The van der Waals surface area contributed by atoms with Crippen molar-refractivity contribution in [3.63, 3.8) is 0 Å². The Morgan fingerprint density at radius 2 is 1.71 bits per heavy atom. The number of ketones is 1. The lowest BCUT2D eigenvalue weighted by Crippen LogP contribution is -2.29. The van der Waals surface area contributed by atoms with Gasteiger partial charge in [-0.25, -0.2) is 0 Å². The summed E-state index contributed by atoms with van der Waals surface area (Å²) in [4.78, 5) is 27.7. The first-order chi connectivity index (χ1) is 15.0. The van der Waals surface area contributed by atoms with Crippen LogP contribution in [-0.2, 0) is 9.59 Å². The van der Waals surface area contributed by atoms with Gasteiger partial charge in [0.25, 0.3) is 11.7 Å². The molecule has 1 saturated heterocycles. The fourth-order valence-corrected chi connectivity index (χ4v) is 4.03. The molecular formula is C25H19NO5. The number of hydrogen-bond acceptors (Lipinski definition) is 5. The first-order valence-corrected chi connectivity index (χ1v) is 9.87. The molecule has 2 heterocycles. The second-order valence-corrected chi connectivity index (χ2v) is 7.49. The number of carbonyl (C=O) groups is 2. The summed E-state index contributed by atoms with van der Waals surface area (Å²) in [5.74, 6) is -0.613. The van der Waals surface area contributed by atoms with Gasteiger partial charge in [0.1, 0.15) is 5.76 Å². The molecule has 0 saturated carbocycles. The van der Waals surface area contributed by atoms with Crippen LogP contribution in [0.4, 0.5) is 5.69 Å². The van der Waals surface area contributed by atoms with Crippen molar-refractivity contribution in [2.45, 2.75) is 13.0 Å². The molecule has 0 aromatic heterocycles. The molecule has 2 aliphatic rings. The monoisotopic (exact) mass is 413 g/mol. The quantitative estimate of drug-likeness (QED) is 0.393. The topological polar surface area (TPSA) is 76.1 Å². The van der Waals surface area contributed by atoms with E-state index in [1.807, 2.05) is 55.5 Å². The van der Waals surface area contributed by atoms with Gasteiger partial charge in [0.05, 0.1) is 11.6 Å². The molecule has 1 fully saturated rings. The zero-order valence-corrected chi connectivity index (χ0v) is 16.7. The summed E-state index contributed by atoms with van der Waals surface area (Å²) in [7, 11) is 0. The molecule has 31 heavy (non-hydrogen) atoms. The minimum atomic E-state index is -0.756. The zero-order chi connectivity index (χ0) is 21.5. The molecule has 1 atom stereocenters. The summed E-state index contributed by atoms with van der Waals surface area (Å²) in [6, 6.07) is 20.8. The Balaban J connectivity index is 1.70. The van der Waals surface area contributed by atoms with Gasteiger partial charge in [-0.05, 0) is 48.4 Å². The summed E-state index contributed by atoms with van der Waals surface area (Å²) in [5.41, 5.74) is 2.71. The lowest BCUT2D eigenvalue weighted by Gasteiger charge is -2.25. The number of rotatable bonds is 3. The number of benzene rings is 3. The van der Waals surface area contributed by atoms with E-state index in [9.17, 15) is 14.7 Å². The van der Waals surface area contributed by atoms with Crippen LogP contribution < -0.4 is 14.4 Å². The second-order valence-electron chi connectivity index (χ2n) is 7.49. The minimum Gasteiger partial charge on any atom is -0.507 e. The lowest BCUT2D eigenvalue weighted by molar-refractivity contribution is -0.132. The van der Waals surface area contributed by atoms with E-state index >= 15 is 0 Å². The summed E-state index contributed by atoms with van der Waals surface area (Å²) in [6.45, 7) is 2.02. The highest BCUT2D eigenvalue weighted by Crippen LogP contribution is 2.43. The van der Waals surface area contributed by atoms with Crippen LogP contribution in [0.5, 0.6) is 11.5 Å². The molecule has 0 bridgehead atoms. The van der Waals surface area contributed by atoms with Crippen molar-refractivity contribution in [2.75, 3.05) is 11.7 Å². The number of aliphatic hydroxyl groups excluding tert-OH is 1. The maximum absolute atomic E-state index is 13.1. The fourth-order valence-electron chi connectivity index (χ4n) is 4.03. The predicted octanol–water partition coefficient (Wildman–Crippen LogP) is 4.35. The van der Waals surface area contributed by atoms with E-state index in [1.165, 1.54) is 4.90 Å². The molecule has 1 amide bonds. The standard InChI is InChI=1S/C25H19NO5/c1-15-6-5-9-18(12-15)26-22(16-7-3-2-4-8-16)21(24(28)25(26)29)23(27)17-10-11-19-20(13-17)31-14-30-19/h2-13,22,27H,14H2,1H3/b23-21-. The van der Waals surface area contributed by atoms with Gasteiger partial charge in [-0.15, -0.1) is 0 Å². The fraction of sp³-hybridized carbons (Fsp3) is 0.120. The molecule has 2 aliphatic heterocycles. The minimum absolute atomic E-state index is 0.0385. The van der Waals surface area contributed by atoms with Crippen LogP contribution in [-0.4, -0.2) is 23.6 Å². The number of nitrogens with zero attached hydrogens (tertiary/aromatic N) is 1. The van der Waals surface area contributed by atoms with Crippen molar-refractivity contribution in [1.29, 1.82) is 0 Å². The van der Waals surface area contributed by atoms with Gasteiger partial charge < -0.3 is 14.6 Å². The largest absolute Gasteiger partial charge is 0.507 e. The van der Waals surface area contributed by atoms with Crippen molar-refractivity contribution >= 4 is 23.1 Å². The number of ether oxygens (including phenoxy) is 2. The Morgan fingerprint density at radius 3 is 2.48 bits per heavy atom. The van der Waals surface area contributed by atoms with Crippen LogP contribution in [0, 0.1) is 6.92 Å². The first kappa shape index (κ1) is 18.9. The predicted molar refractivity (Wildman–Crippen MR) is 115 cm³/mol. The van der Waals surface area contributed by atoms with E-state index < -0.39 is 17.7 Å². The van der Waals surface area contributed by atoms with E-state index in [4.69, 9.17) is 9.47 Å². The molecule has 3 aromatic carbocycles. The molecule has 5 rings (SSSR count). The van der Waals surface area contributed by atoms with Crippen molar-refractivity contribution in [1.82, 2.24) is 0 Å². The third-order valence-corrected chi connectivity index (χ3v) is 5.49. The Kier molecular flexibility index (Phi) is 4.47. The van der Waals surface area contributed by atoms with Crippen molar-refractivity contribution in [3.8, 4) is 11.5 Å². The average Bonchev–Trinajstić information content (AvgIpc) is 3.36. The summed E-state index contributed by atoms with van der Waals surface area (Å²) >= 11 is 0. The van der Waals surface area contributed by atoms with E-state index in [2.05, 4.69) is 0 Å². The molecule has 1 unspecified atom stereocenters. The highest BCUT2D eigenvalue weighted by atomic mass is 16.7. The number of aryl methyl sites for hydroxylation is 1. The summed E-state index contributed by atoms with van der Waals surface area (Å²) in [6.07, 6.45) is 0. The van der Waals surface area contributed by atoms with Gasteiger partial charge in [0, 0.05) is 11.3 Å². The van der Waals surface area contributed by atoms with E-state index in [0.717, 1.165) is 11.1 Å². The van der Waals surface area contributed by atoms with Gasteiger partial charge in [0.2, 0.25) is 6.79 Å². The molecule has 1 N–H and O–H groups in total. The zero-order valence-electron chi connectivity index (χ0n) is 16.7. The highest BCUT2D eigenvalue weighted by molar-refractivity contribution is 6.51. The van der Waals surface area contributed by atoms with E-state index in [1.54, 1.807) is 24.3 Å². The van der Waals surface area contributed by atoms with Crippen LogP contribution in [0.2, 0.25) is 0 Å². The molecular weight excluding hydrogens is 394 g/mol. The Bertz CT molecular complexity index is 1230. The van der Waals surface area contributed by atoms with Crippen LogP contribution in [0.25, 0.3) is 5.76 Å². The van der Waals surface area contributed by atoms with Gasteiger partial charge in [-0.3, -0.25) is 14.5 Å². The van der Waals surface area contributed by atoms with Gasteiger partial charge in [-0.1, -0.05) is 42.5 Å². The molecule has 154 valence electrons. The Morgan fingerprint density at radius 1 is 0.935 bits per heavy atom. The Labute approximate surface area is 179 Å². The number of Topliss-reactive ketones (excluding diaryl/α,β-unsaturated/α-hetero) is 1. The second kappa shape index (κ2) is 7.32. The number of fused-ring (bicyclic) bond motifs is 1. The molecule has 0 spiro atoms. The van der Waals surface area contributed by atoms with Gasteiger partial charge in [-0.2, -0.15) is 0 Å². The van der Waals surface area contributed by atoms with Crippen LogP contribution in [0.3, 0.4) is 0 Å². The van der Waals surface area contributed by atoms with E-state index in [0.29, 0.717) is 22.7 Å². The van der Waals surface area contributed by atoms with Gasteiger partial charge in [0.15, 0.2) is 11.5 Å². The number of amides is 1. The number of hydrogen-bond donors (Lipinski definition) is 1. The van der Waals surface area contributed by atoms with Crippen LogP contribution >= 0.6 is 0 Å². The average molecular weight is 413 g/mol.